The van der Waals surface area contributed by atoms with Crippen LogP contribution in [0.3, 0.4) is 0 Å². The van der Waals surface area contributed by atoms with Crippen LogP contribution in [-0.2, 0) is 11.8 Å². The van der Waals surface area contributed by atoms with E-state index in [4.69, 9.17) is 4.74 Å². The standard InChI is InChI=1S/C12H16O/c1-12(2,3)10-5-4-6-11-9(10)7-8-13-11/h4-6H,7-8H2,1-3H3. The molecule has 1 aromatic rings. The fourth-order valence-electron chi connectivity index (χ4n) is 1.92. The van der Waals surface area contributed by atoms with E-state index in [-0.39, 0.29) is 5.41 Å². The van der Waals surface area contributed by atoms with Gasteiger partial charge >= 0.3 is 0 Å². The van der Waals surface area contributed by atoms with Crippen LogP contribution in [0.1, 0.15) is 31.9 Å². The van der Waals surface area contributed by atoms with E-state index in [1.54, 1.807) is 0 Å². The van der Waals surface area contributed by atoms with Crippen LogP contribution in [0.15, 0.2) is 18.2 Å². The summed E-state index contributed by atoms with van der Waals surface area (Å²) in [7, 11) is 0. The van der Waals surface area contributed by atoms with Gasteiger partial charge in [-0.2, -0.15) is 0 Å². The van der Waals surface area contributed by atoms with Crippen LogP contribution >= 0.6 is 0 Å². The van der Waals surface area contributed by atoms with Crippen LogP contribution in [0.5, 0.6) is 5.75 Å². The lowest BCUT2D eigenvalue weighted by Gasteiger charge is -2.21. The van der Waals surface area contributed by atoms with Gasteiger partial charge in [-0.25, -0.2) is 0 Å². The number of rotatable bonds is 0. The van der Waals surface area contributed by atoms with Crippen molar-refractivity contribution in [3.63, 3.8) is 0 Å². The molecule has 0 spiro atoms. The van der Waals surface area contributed by atoms with E-state index in [0.29, 0.717) is 0 Å². The van der Waals surface area contributed by atoms with Crippen LogP contribution in [0.2, 0.25) is 0 Å². The Bertz CT molecular complexity index is 320. The molecule has 0 N–H and O–H groups in total. The molecule has 0 unspecified atom stereocenters. The van der Waals surface area contributed by atoms with Crippen molar-refractivity contribution in [2.24, 2.45) is 0 Å². The van der Waals surface area contributed by atoms with Crippen LogP contribution in [0.25, 0.3) is 0 Å². The summed E-state index contributed by atoms with van der Waals surface area (Å²) in [6.07, 6.45) is 1.07. The van der Waals surface area contributed by atoms with Crippen molar-refractivity contribution in [2.75, 3.05) is 6.61 Å². The van der Waals surface area contributed by atoms with Gasteiger partial charge in [-0.3, -0.25) is 0 Å². The summed E-state index contributed by atoms with van der Waals surface area (Å²) < 4.78 is 5.53. The van der Waals surface area contributed by atoms with E-state index in [1.807, 2.05) is 0 Å². The molecule has 0 atom stereocenters. The molecule has 0 aliphatic carbocycles. The zero-order chi connectivity index (χ0) is 9.47. The van der Waals surface area contributed by atoms with Gasteiger partial charge in [-0.05, 0) is 17.0 Å². The third-order valence-corrected chi connectivity index (χ3v) is 2.55. The van der Waals surface area contributed by atoms with Gasteiger partial charge in [0.2, 0.25) is 0 Å². The molecule has 70 valence electrons. The van der Waals surface area contributed by atoms with Gasteiger partial charge in [0.15, 0.2) is 0 Å². The maximum atomic E-state index is 5.53. The summed E-state index contributed by atoms with van der Waals surface area (Å²) in [5, 5.41) is 0. The first kappa shape index (κ1) is 8.61. The Morgan fingerprint density at radius 3 is 2.69 bits per heavy atom. The van der Waals surface area contributed by atoms with Crippen molar-refractivity contribution in [3.8, 4) is 5.75 Å². The molecule has 1 heterocycles. The molecule has 13 heavy (non-hydrogen) atoms. The minimum atomic E-state index is 0.235. The highest BCUT2D eigenvalue weighted by Crippen LogP contribution is 2.34. The van der Waals surface area contributed by atoms with Crippen LogP contribution in [0.4, 0.5) is 0 Å². The smallest absolute Gasteiger partial charge is 0.122 e. The first-order chi connectivity index (χ1) is 6.09. The number of ether oxygens (including phenoxy) is 1. The van der Waals surface area contributed by atoms with Crippen molar-refractivity contribution in [3.05, 3.63) is 29.3 Å². The highest BCUT2D eigenvalue weighted by atomic mass is 16.5. The Morgan fingerprint density at radius 1 is 1.23 bits per heavy atom. The van der Waals surface area contributed by atoms with Crippen LogP contribution < -0.4 is 4.74 Å². The lowest BCUT2D eigenvalue weighted by molar-refractivity contribution is 0.357. The van der Waals surface area contributed by atoms with E-state index in [2.05, 4.69) is 39.0 Å². The average Bonchev–Trinajstić information content (AvgIpc) is 2.48. The average molecular weight is 176 g/mol. The second-order valence-electron chi connectivity index (χ2n) is 4.63. The predicted octanol–water partition coefficient (Wildman–Crippen LogP) is 2.92. The highest BCUT2D eigenvalue weighted by molar-refractivity contribution is 5.45. The van der Waals surface area contributed by atoms with Gasteiger partial charge in [0.05, 0.1) is 6.61 Å². The molecule has 2 rings (SSSR count). The summed E-state index contributed by atoms with van der Waals surface area (Å²) in [5.41, 5.74) is 3.08. The molecule has 0 radical (unpaired) electrons. The Kier molecular flexibility index (Phi) is 1.83. The quantitative estimate of drug-likeness (QED) is 0.590. The lowest BCUT2D eigenvalue weighted by atomic mass is 9.83. The third-order valence-electron chi connectivity index (χ3n) is 2.55. The molecule has 1 nitrogen and oxygen atoms in total. The lowest BCUT2D eigenvalue weighted by Crippen LogP contribution is -2.13. The Morgan fingerprint density at radius 2 is 2.00 bits per heavy atom. The fourth-order valence-corrected chi connectivity index (χ4v) is 1.92. The van der Waals surface area contributed by atoms with Gasteiger partial charge in [0.25, 0.3) is 0 Å². The maximum absolute atomic E-state index is 5.53. The summed E-state index contributed by atoms with van der Waals surface area (Å²) in [6.45, 7) is 7.60. The molecule has 0 aromatic heterocycles. The second kappa shape index (κ2) is 2.76. The molecule has 0 saturated carbocycles. The van der Waals surface area contributed by atoms with E-state index >= 15 is 0 Å². The summed E-state index contributed by atoms with van der Waals surface area (Å²) in [4.78, 5) is 0. The number of hydrogen-bond donors (Lipinski definition) is 0. The van der Waals surface area contributed by atoms with Crippen molar-refractivity contribution < 1.29 is 4.74 Å². The van der Waals surface area contributed by atoms with Gasteiger partial charge in [0.1, 0.15) is 5.75 Å². The SMILES string of the molecule is CC(C)(C)c1cccc2c1CCO2. The molecule has 1 aliphatic heterocycles. The molecule has 0 bridgehead atoms. The fraction of sp³-hybridized carbons (Fsp3) is 0.500. The summed E-state index contributed by atoms with van der Waals surface area (Å²) >= 11 is 0. The molecule has 1 heteroatoms. The largest absolute Gasteiger partial charge is 0.493 e. The Labute approximate surface area is 79.7 Å². The van der Waals surface area contributed by atoms with Crippen LogP contribution in [0, 0.1) is 0 Å². The summed E-state index contributed by atoms with van der Waals surface area (Å²) in [6, 6.07) is 6.37. The normalized spacial score (nSPS) is 15.3. The first-order valence-electron chi connectivity index (χ1n) is 4.84. The van der Waals surface area contributed by atoms with E-state index in [9.17, 15) is 0 Å². The van der Waals surface area contributed by atoms with Crippen LogP contribution in [-0.4, -0.2) is 6.61 Å². The Balaban J connectivity index is 2.54. The molecule has 1 aliphatic rings. The molecule has 0 amide bonds. The van der Waals surface area contributed by atoms with Crippen molar-refractivity contribution in [2.45, 2.75) is 32.6 Å². The zero-order valence-corrected chi connectivity index (χ0v) is 8.55. The molecular weight excluding hydrogens is 160 g/mol. The minimum absolute atomic E-state index is 0.235. The van der Waals surface area contributed by atoms with Gasteiger partial charge in [0, 0.05) is 12.0 Å². The number of benzene rings is 1. The minimum Gasteiger partial charge on any atom is -0.493 e. The maximum Gasteiger partial charge on any atom is 0.122 e. The second-order valence-corrected chi connectivity index (χ2v) is 4.63. The summed E-state index contributed by atoms with van der Waals surface area (Å²) in [5.74, 6) is 1.09. The van der Waals surface area contributed by atoms with Gasteiger partial charge < -0.3 is 4.74 Å². The number of fused-ring (bicyclic) bond motifs is 1. The number of hydrogen-bond acceptors (Lipinski definition) is 1. The van der Waals surface area contributed by atoms with E-state index in [0.717, 1.165) is 18.8 Å². The zero-order valence-electron chi connectivity index (χ0n) is 8.55. The molecule has 1 aromatic carbocycles. The van der Waals surface area contributed by atoms with Crippen molar-refractivity contribution >= 4 is 0 Å². The van der Waals surface area contributed by atoms with Gasteiger partial charge in [-0.15, -0.1) is 0 Å². The molecule has 0 saturated heterocycles. The topological polar surface area (TPSA) is 9.23 Å². The third kappa shape index (κ3) is 1.43. The van der Waals surface area contributed by atoms with Crippen molar-refractivity contribution in [1.82, 2.24) is 0 Å². The first-order valence-corrected chi connectivity index (χ1v) is 4.84. The predicted molar refractivity (Wildman–Crippen MR) is 54.3 cm³/mol. The monoisotopic (exact) mass is 176 g/mol. The molecule has 0 fully saturated rings. The van der Waals surface area contributed by atoms with Crippen molar-refractivity contribution in [1.29, 1.82) is 0 Å². The molecular formula is C12H16O. The van der Waals surface area contributed by atoms with E-state index in [1.165, 1.54) is 11.1 Å². The van der Waals surface area contributed by atoms with E-state index < -0.39 is 0 Å². The highest BCUT2D eigenvalue weighted by Gasteiger charge is 2.23. The van der Waals surface area contributed by atoms with Gasteiger partial charge in [-0.1, -0.05) is 32.9 Å². The Hall–Kier alpha value is -0.980.